The van der Waals surface area contributed by atoms with Crippen LogP contribution in [0.2, 0.25) is 0 Å². The molecule has 0 aliphatic rings. The van der Waals surface area contributed by atoms with Gasteiger partial charge in [0, 0.05) is 0 Å². The van der Waals surface area contributed by atoms with Crippen LogP contribution in [0, 0.1) is 17.5 Å². The van der Waals surface area contributed by atoms with E-state index in [4.69, 9.17) is 5.73 Å². The number of benzene rings is 1. The van der Waals surface area contributed by atoms with Gasteiger partial charge in [0.05, 0.1) is 0 Å². The van der Waals surface area contributed by atoms with Crippen LogP contribution in [0.3, 0.4) is 0 Å². The Morgan fingerprint density at radius 1 is 1.06 bits per heavy atom. The molecule has 0 amide bonds. The van der Waals surface area contributed by atoms with E-state index in [-0.39, 0.29) is 5.56 Å². The molecule has 1 aromatic carbocycles. The highest BCUT2D eigenvalue weighted by Gasteiger charge is 2.36. The summed E-state index contributed by atoms with van der Waals surface area (Å²) in [4.78, 5) is 0. The topological polar surface area (TPSA) is 26.0 Å². The van der Waals surface area contributed by atoms with E-state index in [9.17, 15) is 26.3 Å². The van der Waals surface area contributed by atoms with Crippen LogP contribution in [-0.4, -0.2) is 12.2 Å². The van der Waals surface area contributed by atoms with E-state index in [1.807, 2.05) is 0 Å². The van der Waals surface area contributed by atoms with Crippen molar-refractivity contribution in [3.63, 3.8) is 0 Å². The van der Waals surface area contributed by atoms with Crippen LogP contribution in [0.5, 0.6) is 0 Å². The monoisotopic (exact) mass is 243 g/mol. The maximum atomic E-state index is 12.6. The lowest BCUT2D eigenvalue weighted by Crippen LogP contribution is -2.39. The molecule has 0 aromatic heterocycles. The fraction of sp³-hybridized carbons (Fsp3) is 0.333. The van der Waals surface area contributed by atoms with Crippen molar-refractivity contribution in [2.75, 3.05) is 0 Å². The molecule has 16 heavy (non-hydrogen) atoms. The zero-order chi connectivity index (χ0) is 12.5. The van der Waals surface area contributed by atoms with Crippen LogP contribution >= 0.6 is 0 Å². The molecule has 1 nitrogen and oxygen atoms in total. The summed E-state index contributed by atoms with van der Waals surface area (Å²) in [6, 6.07) is -1.26. The molecule has 1 rings (SSSR count). The highest BCUT2D eigenvalue weighted by Crippen LogP contribution is 2.22. The summed E-state index contributed by atoms with van der Waals surface area (Å²) in [6.45, 7) is 0. The second-order valence-corrected chi connectivity index (χ2v) is 3.23. The second kappa shape index (κ2) is 4.32. The molecule has 0 aliphatic carbocycles. The molecule has 0 heterocycles. The summed E-state index contributed by atoms with van der Waals surface area (Å²) in [5.41, 5.74) is 4.41. The Labute approximate surface area is 86.9 Å². The number of rotatable bonds is 2. The molecule has 0 saturated heterocycles. The van der Waals surface area contributed by atoms with E-state index in [0.717, 1.165) is 0 Å². The van der Waals surface area contributed by atoms with E-state index >= 15 is 0 Å². The Morgan fingerprint density at radius 3 is 1.88 bits per heavy atom. The molecule has 90 valence electrons. The number of nitrogens with two attached hydrogens (primary N) is 1. The Bertz CT molecular complexity index is 363. The Morgan fingerprint density at radius 2 is 1.50 bits per heavy atom. The van der Waals surface area contributed by atoms with Gasteiger partial charge in [0.2, 0.25) is 0 Å². The molecule has 0 spiro atoms. The highest BCUT2D eigenvalue weighted by molar-refractivity contribution is 5.20. The van der Waals surface area contributed by atoms with E-state index < -0.39 is 36.1 Å². The molecular weight excluding hydrogens is 236 g/mol. The predicted octanol–water partition coefficient (Wildman–Crippen LogP) is 2.54. The van der Waals surface area contributed by atoms with Crippen LogP contribution in [0.4, 0.5) is 26.3 Å². The Hall–Kier alpha value is -1.24. The fourth-order valence-electron chi connectivity index (χ4n) is 1.10. The quantitative estimate of drug-likeness (QED) is 0.627. The molecule has 0 saturated carbocycles. The average Bonchev–Trinajstić information content (AvgIpc) is 2.12. The van der Waals surface area contributed by atoms with Crippen LogP contribution in [0.1, 0.15) is 5.56 Å². The van der Waals surface area contributed by atoms with Gasteiger partial charge in [0.25, 0.3) is 0 Å². The first kappa shape index (κ1) is 12.8. The lowest BCUT2D eigenvalue weighted by Gasteiger charge is -2.15. The van der Waals surface area contributed by atoms with Gasteiger partial charge in [-0.2, -0.15) is 13.2 Å². The maximum absolute atomic E-state index is 12.6. The van der Waals surface area contributed by atoms with Crippen molar-refractivity contribution < 1.29 is 26.3 Å². The van der Waals surface area contributed by atoms with E-state index in [2.05, 4.69) is 0 Å². The van der Waals surface area contributed by atoms with Crippen LogP contribution in [0.15, 0.2) is 12.1 Å². The van der Waals surface area contributed by atoms with Crippen molar-refractivity contribution in [1.29, 1.82) is 0 Å². The summed E-state index contributed by atoms with van der Waals surface area (Å²) in [7, 11) is 0. The summed E-state index contributed by atoms with van der Waals surface area (Å²) in [6.07, 6.45) is -5.47. The largest absolute Gasteiger partial charge is 0.403 e. The van der Waals surface area contributed by atoms with Gasteiger partial charge < -0.3 is 5.73 Å². The van der Waals surface area contributed by atoms with E-state index in [0.29, 0.717) is 12.1 Å². The van der Waals surface area contributed by atoms with Crippen molar-refractivity contribution in [3.05, 3.63) is 35.1 Å². The van der Waals surface area contributed by atoms with Crippen LogP contribution in [0.25, 0.3) is 0 Å². The minimum Gasteiger partial charge on any atom is -0.320 e. The van der Waals surface area contributed by atoms with Gasteiger partial charge in [0.15, 0.2) is 17.5 Å². The number of hydrogen-bond donors (Lipinski definition) is 1. The third-order valence-electron chi connectivity index (χ3n) is 1.92. The standard InChI is InChI=1S/C9H7F6N/c10-5-1-4(2-6(11)8(5)12)3-7(16)9(13,14)15/h1-2,7H,3,16H2. The third kappa shape index (κ3) is 2.88. The second-order valence-electron chi connectivity index (χ2n) is 3.23. The van der Waals surface area contributed by atoms with Gasteiger partial charge >= 0.3 is 6.18 Å². The molecule has 0 aliphatic heterocycles. The number of halogens is 6. The van der Waals surface area contributed by atoms with Gasteiger partial charge in [-0.25, -0.2) is 13.2 Å². The molecule has 0 bridgehead atoms. The van der Waals surface area contributed by atoms with Gasteiger partial charge in [-0.3, -0.25) is 0 Å². The van der Waals surface area contributed by atoms with Gasteiger partial charge in [-0.1, -0.05) is 0 Å². The first-order chi connectivity index (χ1) is 7.21. The predicted molar refractivity (Wildman–Crippen MR) is 44.1 cm³/mol. The van der Waals surface area contributed by atoms with Crippen molar-refractivity contribution in [2.45, 2.75) is 18.6 Å². The summed E-state index contributed by atoms with van der Waals surface area (Å²) in [5, 5.41) is 0. The normalized spacial score (nSPS) is 13.9. The third-order valence-corrected chi connectivity index (χ3v) is 1.92. The van der Waals surface area contributed by atoms with Crippen molar-refractivity contribution in [3.8, 4) is 0 Å². The minimum absolute atomic E-state index is 0.346. The molecule has 1 unspecified atom stereocenters. The molecule has 7 heteroatoms. The zero-order valence-electron chi connectivity index (χ0n) is 7.78. The zero-order valence-corrected chi connectivity index (χ0v) is 7.78. The highest BCUT2D eigenvalue weighted by atomic mass is 19.4. The summed E-state index contributed by atoms with van der Waals surface area (Å²) < 4.78 is 73.9. The van der Waals surface area contributed by atoms with Crippen LogP contribution < -0.4 is 5.73 Å². The van der Waals surface area contributed by atoms with Crippen LogP contribution in [-0.2, 0) is 6.42 Å². The number of hydrogen-bond acceptors (Lipinski definition) is 1. The fourth-order valence-corrected chi connectivity index (χ4v) is 1.10. The SMILES string of the molecule is NC(Cc1cc(F)c(F)c(F)c1)C(F)(F)F. The minimum atomic E-state index is -4.67. The van der Waals surface area contributed by atoms with Crippen molar-refractivity contribution >= 4 is 0 Å². The lowest BCUT2D eigenvalue weighted by molar-refractivity contribution is -0.147. The molecule has 0 fully saturated rings. The molecular formula is C9H7F6N. The van der Waals surface area contributed by atoms with Crippen molar-refractivity contribution in [2.24, 2.45) is 5.73 Å². The van der Waals surface area contributed by atoms with Gasteiger partial charge in [-0.15, -0.1) is 0 Å². The first-order valence-corrected chi connectivity index (χ1v) is 4.17. The average molecular weight is 243 g/mol. The maximum Gasteiger partial charge on any atom is 0.403 e. The van der Waals surface area contributed by atoms with E-state index in [1.54, 1.807) is 0 Å². The molecule has 1 aromatic rings. The smallest absolute Gasteiger partial charge is 0.320 e. The Kier molecular flexibility index (Phi) is 3.47. The van der Waals surface area contributed by atoms with E-state index in [1.165, 1.54) is 0 Å². The Balaban J connectivity index is 2.91. The molecule has 1 atom stereocenters. The summed E-state index contributed by atoms with van der Waals surface area (Å²) >= 11 is 0. The summed E-state index contributed by atoms with van der Waals surface area (Å²) in [5.74, 6) is -4.79. The van der Waals surface area contributed by atoms with Gasteiger partial charge in [-0.05, 0) is 24.1 Å². The molecule has 2 N–H and O–H groups in total. The van der Waals surface area contributed by atoms with Gasteiger partial charge in [0.1, 0.15) is 6.04 Å². The van der Waals surface area contributed by atoms with Crippen molar-refractivity contribution in [1.82, 2.24) is 0 Å². The molecule has 0 radical (unpaired) electrons. The lowest BCUT2D eigenvalue weighted by atomic mass is 10.1. The number of alkyl halides is 3. The first-order valence-electron chi connectivity index (χ1n) is 4.17.